The molecular formula is C20H17ClN2O4S. The second kappa shape index (κ2) is 7.13. The number of hydrogen-bond acceptors (Lipinski definition) is 6. The molecule has 3 aromatic rings. The highest BCUT2D eigenvalue weighted by Crippen LogP contribution is 2.45. The quantitative estimate of drug-likeness (QED) is 0.591. The molecule has 1 aliphatic carbocycles. The number of aliphatic hydroxyl groups is 1. The minimum Gasteiger partial charge on any atom is -0.506 e. The van der Waals surface area contributed by atoms with E-state index in [0.29, 0.717) is 25.9 Å². The van der Waals surface area contributed by atoms with E-state index in [1.165, 1.54) is 0 Å². The number of halogens is 1. The average Bonchev–Trinajstić information content (AvgIpc) is 3.24. The third-order valence-electron chi connectivity index (χ3n) is 5.09. The van der Waals surface area contributed by atoms with Crippen LogP contribution in [0.5, 0.6) is 11.5 Å². The summed E-state index contributed by atoms with van der Waals surface area (Å²) in [7, 11) is 0. The number of pyridine rings is 1. The Labute approximate surface area is 169 Å². The first-order valence-corrected chi connectivity index (χ1v) is 10.0. The van der Waals surface area contributed by atoms with Gasteiger partial charge in [-0.2, -0.15) is 5.26 Å². The molecule has 0 bridgehead atoms. The summed E-state index contributed by atoms with van der Waals surface area (Å²) in [5.41, 5.74) is -0.475. The molecule has 0 spiro atoms. The maximum Gasteiger partial charge on any atom is 0.270 e. The lowest BCUT2D eigenvalue weighted by molar-refractivity contribution is 0.00141. The smallest absolute Gasteiger partial charge is 0.270 e. The molecule has 1 aromatic carbocycles. The summed E-state index contributed by atoms with van der Waals surface area (Å²) in [5, 5.41) is 30.3. The molecule has 1 saturated carbocycles. The van der Waals surface area contributed by atoms with Gasteiger partial charge in [0.05, 0.1) is 11.0 Å². The highest BCUT2D eigenvalue weighted by atomic mass is 35.5. The molecule has 2 heterocycles. The first-order chi connectivity index (χ1) is 13.4. The number of hydrogen-bond donors (Lipinski definition) is 3. The van der Waals surface area contributed by atoms with Crippen LogP contribution in [-0.2, 0) is 0 Å². The lowest BCUT2D eigenvalue weighted by Crippen LogP contribution is -2.32. The van der Waals surface area contributed by atoms with E-state index in [9.17, 15) is 15.0 Å². The van der Waals surface area contributed by atoms with Gasteiger partial charge >= 0.3 is 0 Å². The van der Waals surface area contributed by atoms with Crippen LogP contribution in [-0.4, -0.2) is 27.4 Å². The molecule has 8 heteroatoms. The molecule has 1 fully saturated rings. The van der Waals surface area contributed by atoms with E-state index in [0.717, 1.165) is 42.6 Å². The number of nitrogens with one attached hydrogen (secondary N) is 1. The van der Waals surface area contributed by atoms with Crippen LogP contribution in [0.15, 0.2) is 29.1 Å². The molecule has 28 heavy (non-hydrogen) atoms. The Morgan fingerprint density at radius 3 is 2.61 bits per heavy atom. The van der Waals surface area contributed by atoms with E-state index < -0.39 is 11.2 Å². The number of rotatable bonds is 4. The van der Waals surface area contributed by atoms with E-state index in [-0.39, 0.29) is 17.9 Å². The largest absolute Gasteiger partial charge is 0.506 e. The second-order valence-corrected chi connectivity index (χ2v) is 8.61. The van der Waals surface area contributed by atoms with E-state index in [1.807, 2.05) is 0 Å². The van der Waals surface area contributed by atoms with E-state index in [1.54, 1.807) is 30.3 Å². The summed E-state index contributed by atoms with van der Waals surface area (Å²) in [4.78, 5) is 14.9. The van der Waals surface area contributed by atoms with E-state index in [4.69, 9.17) is 21.6 Å². The van der Waals surface area contributed by atoms with Crippen molar-refractivity contribution in [3.8, 4) is 28.7 Å². The van der Waals surface area contributed by atoms with Gasteiger partial charge in [0.2, 0.25) is 0 Å². The lowest BCUT2D eigenvalue weighted by atomic mass is 10.0. The van der Waals surface area contributed by atoms with Crippen LogP contribution in [0, 0.1) is 11.3 Å². The maximum absolute atomic E-state index is 11.9. The first-order valence-electron chi connectivity index (χ1n) is 8.85. The molecule has 0 radical (unpaired) electrons. The zero-order chi connectivity index (χ0) is 19.9. The van der Waals surface area contributed by atoms with Gasteiger partial charge in [-0.15, -0.1) is 11.3 Å². The minimum atomic E-state index is -0.753. The Morgan fingerprint density at radius 1 is 1.29 bits per heavy atom. The topological polar surface area (TPSA) is 106 Å². The highest BCUT2D eigenvalue weighted by molar-refractivity contribution is 7.23. The van der Waals surface area contributed by atoms with Crippen molar-refractivity contribution in [2.75, 3.05) is 6.61 Å². The third-order valence-corrected chi connectivity index (χ3v) is 6.40. The van der Waals surface area contributed by atoms with E-state index in [2.05, 4.69) is 4.98 Å². The van der Waals surface area contributed by atoms with Crippen molar-refractivity contribution >= 4 is 33.2 Å². The van der Waals surface area contributed by atoms with Crippen LogP contribution in [0.3, 0.4) is 0 Å². The van der Waals surface area contributed by atoms with Crippen LogP contribution in [0.2, 0.25) is 4.34 Å². The van der Waals surface area contributed by atoms with Crippen molar-refractivity contribution in [3.05, 3.63) is 44.5 Å². The molecule has 6 nitrogen and oxygen atoms in total. The number of aromatic hydroxyl groups is 1. The predicted octanol–water partition coefficient (Wildman–Crippen LogP) is 4.17. The molecule has 0 unspecified atom stereocenters. The molecule has 1 aliphatic rings. The van der Waals surface area contributed by atoms with Crippen molar-refractivity contribution in [2.45, 2.75) is 31.3 Å². The van der Waals surface area contributed by atoms with Crippen molar-refractivity contribution in [3.63, 3.8) is 0 Å². The number of aromatic amines is 1. The lowest BCUT2D eigenvalue weighted by Gasteiger charge is -2.22. The molecular weight excluding hydrogens is 400 g/mol. The Morgan fingerprint density at radius 2 is 1.96 bits per heavy atom. The molecule has 0 saturated heterocycles. The van der Waals surface area contributed by atoms with Gasteiger partial charge in [-0.1, -0.05) is 36.6 Å². The van der Waals surface area contributed by atoms with Gasteiger partial charge in [0.25, 0.3) is 5.56 Å². The summed E-state index contributed by atoms with van der Waals surface area (Å²) < 4.78 is 6.13. The fourth-order valence-electron chi connectivity index (χ4n) is 3.59. The van der Waals surface area contributed by atoms with Gasteiger partial charge in [0.1, 0.15) is 33.3 Å². The van der Waals surface area contributed by atoms with Crippen molar-refractivity contribution in [1.29, 1.82) is 5.26 Å². The van der Waals surface area contributed by atoms with Gasteiger partial charge in [-0.3, -0.25) is 4.79 Å². The second-order valence-electron chi connectivity index (χ2n) is 6.99. The first kappa shape index (κ1) is 18.8. The van der Waals surface area contributed by atoms with E-state index >= 15 is 0 Å². The number of nitriles is 1. The van der Waals surface area contributed by atoms with Crippen LogP contribution >= 0.6 is 22.9 Å². The number of fused-ring (bicyclic) bond motifs is 1. The Kier molecular flexibility index (Phi) is 4.79. The van der Waals surface area contributed by atoms with Gasteiger partial charge in [-0.05, 0) is 30.5 Å². The highest BCUT2D eigenvalue weighted by Gasteiger charge is 2.31. The zero-order valence-electron chi connectivity index (χ0n) is 14.8. The molecule has 2 aromatic heterocycles. The van der Waals surface area contributed by atoms with Gasteiger partial charge < -0.3 is 19.9 Å². The van der Waals surface area contributed by atoms with Gasteiger partial charge in [0, 0.05) is 5.56 Å². The van der Waals surface area contributed by atoms with Crippen LogP contribution < -0.4 is 10.3 Å². The minimum absolute atomic E-state index is 0.252. The number of nitrogens with zero attached hydrogens (tertiary/aromatic N) is 1. The molecule has 144 valence electrons. The zero-order valence-corrected chi connectivity index (χ0v) is 16.4. The van der Waals surface area contributed by atoms with Crippen LogP contribution in [0.4, 0.5) is 0 Å². The van der Waals surface area contributed by atoms with Crippen molar-refractivity contribution in [1.82, 2.24) is 4.98 Å². The Bertz CT molecular complexity index is 1140. The van der Waals surface area contributed by atoms with Gasteiger partial charge in [0.15, 0.2) is 5.56 Å². The summed E-state index contributed by atoms with van der Waals surface area (Å²) in [5.74, 6) is 0.248. The Hall–Kier alpha value is -2.53. The van der Waals surface area contributed by atoms with Crippen LogP contribution in [0.1, 0.15) is 31.2 Å². The summed E-state index contributed by atoms with van der Waals surface area (Å²) in [6.45, 7) is 0.252. The molecule has 0 aliphatic heterocycles. The third kappa shape index (κ3) is 3.24. The molecule has 0 atom stereocenters. The van der Waals surface area contributed by atoms with Gasteiger partial charge in [-0.25, -0.2) is 0 Å². The molecule has 3 N–H and O–H groups in total. The maximum atomic E-state index is 11.9. The number of H-pyrrole nitrogens is 1. The normalized spacial score (nSPS) is 15.6. The summed E-state index contributed by atoms with van der Waals surface area (Å²) in [6.07, 6.45) is 3.53. The predicted molar refractivity (Wildman–Crippen MR) is 108 cm³/mol. The van der Waals surface area contributed by atoms with Crippen molar-refractivity contribution < 1.29 is 14.9 Å². The standard InChI is InChI=1S/C20H17ClN2O4S/c21-17-14(15-16(24)13(9-22)18(25)23-19(15)28-17)11-3-5-12(6-4-11)27-10-20(26)7-1-2-8-20/h3-6,26H,1-2,7-8,10H2,(H2,23,24,25). The number of aromatic nitrogens is 1. The monoisotopic (exact) mass is 416 g/mol. The number of thiophene rings is 1. The SMILES string of the molecule is N#Cc1c(O)c2c(-c3ccc(OCC4(O)CCCC4)cc3)c(Cl)sc2[nH]c1=O. The summed E-state index contributed by atoms with van der Waals surface area (Å²) in [6, 6.07) is 8.83. The van der Waals surface area contributed by atoms with Crippen LogP contribution in [0.25, 0.3) is 21.3 Å². The fraction of sp³-hybridized carbons (Fsp3) is 0.300. The Balaban J connectivity index is 1.68. The number of benzene rings is 1. The summed E-state index contributed by atoms with van der Waals surface area (Å²) >= 11 is 7.49. The molecule has 4 rings (SSSR count). The molecule has 0 amide bonds. The number of ether oxygens (including phenoxy) is 1. The average molecular weight is 417 g/mol. The fourth-order valence-corrected chi connectivity index (χ4v) is 4.97. The van der Waals surface area contributed by atoms with Crippen molar-refractivity contribution in [2.24, 2.45) is 0 Å².